The van der Waals surface area contributed by atoms with Crippen molar-refractivity contribution in [2.75, 3.05) is 19.8 Å². The molecule has 6 nitrogen and oxygen atoms in total. The molecule has 0 radical (unpaired) electrons. The summed E-state index contributed by atoms with van der Waals surface area (Å²) in [5.41, 5.74) is 0. The van der Waals surface area contributed by atoms with E-state index in [1.54, 1.807) is 0 Å². The number of carboxylic acid groups (broad SMARTS) is 1. The number of carboxylic acids is 1. The SMILES string of the molecule is O=C(O)CCOCCNS(=O)(=O)c1ccccc1F. The summed E-state index contributed by atoms with van der Waals surface area (Å²) < 4.78 is 43.7. The first-order chi connectivity index (χ1) is 8.93. The van der Waals surface area contributed by atoms with Gasteiger partial charge in [-0.05, 0) is 12.1 Å². The Morgan fingerprint density at radius 1 is 1.32 bits per heavy atom. The van der Waals surface area contributed by atoms with E-state index >= 15 is 0 Å². The minimum absolute atomic E-state index is 0.00322. The van der Waals surface area contributed by atoms with Crippen LogP contribution in [0.2, 0.25) is 0 Å². The molecular formula is C11H14FNO5S. The second kappa shape index (κ2) is 7.17. The van der Waals surface area contributed by atoms with Gasteiger partial charge in [-0.3, -0.25) is 4.79 Å². The lowest BCUT2D eigenvalue weighted by molar-refractivity contribution is -0.138. The van der Waals surface area contributed by atoms with Gasteiger partial charge in [0.15, 0.2) is 0 Å². The average Bonchev–Trinajstić information content (AvgIpc) is 2.33. The molecule has 1 rings (SSSR count). The summed E-state index contributed by atoms with van der Waals surface area (Å²) in [4.78, 5) is 9.75. The van der Waals surface area contributed by atoms with Crippen molar-refractivity contribution in [3.63, 3.8) is 0 Å². The topological polar surface area (TPSA) is 92.7 Å². The van der Waals surface area contributed by atoms with Gasteiger partial charge in [-0.15, -0.1) is 0 Å². The molecule has 0 bridgehead atoms. The molecule has 0 amide bonds. The first kappa shape index (κ1) is 15.5. The van der Waals surface area contributed by atoms with Crippen molar-refractivity contribution in [2.45, 2.75) is 11.3 Å². The van der Waals surface area contributed by atoms with E-state index in [4.69, 9.17) is 9.84 Å². The van der Waals surface area contributed by atoms with E-state index < -0.39 is 26.7 Å². The number of benzene rings is 1. The Labute approximate surface area is 110 Å². The number of nitrogens with one attached hydrogen (secondary N) is 1. The van der Waals surface area contributed by atoms with Crippen LogP contribution in [-0.4, -0.2) is 39.3 Å². The fourth-order valence-corrected chi connectivity index (χ4v) is 2.34. The molecule has 0 saturated heterocycles. The maximum Gasteiger partial charge on any atom is 0.305 e. The van der Waals surface area contributed by atoms with E-state index in [2.05, 4.69) is 4.72 Å². The lowest BCUT2D eigenvalue weighted by atomic mass is 10.4. The van der Waals surface area contributed by atoms with Gasteiger partial charge in [-0.2, -0.15) is 0 Å². The molecule has 106 valence electrons. The molecule has 0 spiro atoms. The zero-order valence-corrected chi connectivity index (χ0v) is 10.8. The highest BCUT2D eigenvalue weighted by Crippen LogP contribution is 2.12. The largest absolute Gasteiger partial charge is 0.481 e. The summed E-state index contributed by atoms with van der Waals surface area (Å²) in [6.07, 6.45) is -0.153. The molecule has 0 fully saturated rings. The second-order valence-electron chi connectivity index (χ2n) is 3.58. The average molecular weight is 291 g/mol. The van der Waals surface area contributed by atoms with Crippen LogP contribution in [0.5, 0.6) is 0 Å². The molecule has 1 aromatic carbocycles. The maximum atomic E-state index is 13.3. The van der Waals surface area contributed by atoms with E-state index in [0.29, 0.717) is 0 Å². The molecule has 0 atom stereocenters. The molecule has 8 heteroatoms. The van der Waals surface area contributed by atoms with Gasteiger partial charge < -0.3 is 9.84 Å². The van der Waals surface area contributed by atoms with Crippen molar-refractivity contribution in [1.29, 1.82) is 0 Å². The number of hydrogen-bond acceptors (Lipinski definition) is 4. The molecule has 1 aromatic rings. The lowest BCUT2D eigenvalue weighted by Crippen LogP contribution is -2.28. The smallest absolute Gasteiger partial charge is 0.305 e. The molecule has 0 unspecified atom stereocenters. The number of sulfonamides is 1. The molecule has 0 aromatic heterocycles. The molecule has 0 aliphatic heterocycles. The fourth-order valence-electron chi connectivity index (χ4n) is 1.25. The Balaban J connectivity index is 2.40. The van der Waals surface area contributed by atoms with Crippen molar-refractivity contribution in [3.05, 3.63) is 30.1 Å². The molecule has 0 heterocycles. The normalized spacial score (nSPS) is 11.4. The van der Waals surface area contributed by atoms with E-state index in [1.807, 2.05) is 0 Å². The fraction of sp³-hybridized carbons (Fsp3) is 0.364. The number of rotatable bonds is 8. The molecular weight excluding hydrogens is 277 g/mol. The standard InChI is InChI=1S/C11H14FNO5S/c12-9-3-1-2-4-10(9)19(16,17)13-6-8-18-7-5-11(14)15/h1-4,13H,5-8H2,(H,14,15). The summed E-state index contributed by atoms with van der Waals surface area (Å²) >= 11 is 0. The summed E-state index contributed by atoms with van der Waals surface area (Å²) in [7, 11) is -3.92. The van der Waals surface area contributed by atoms with E-state index in [1.165, 1.54) is 12.1 Å². The van der Waals surface area contributed by atoms with Crippen LogP contribution in [0.4, 0.5) is 4.39 Å². The lowest BCUT2D eigenvalue weighted by Gasteiger charge is -2.07. The van der Waals surface area contributed by atoms with Gasteiger partial charge in [-0.1, -0.05) is 12.1 Å². The number of ether oxygens (including phenoxy) is 1. The number of halogens is 1. The molecule has 0 aliphatic rings. The van der Waals surface area contributed by atoms with Gasteiger partial charge in [-0.25, -0.2) is 17.5 Å². The van der Waals surface area contributed by atoms with Crippen molar-refractivity contribution < 1.29 is 27.4 Å². The van der Waals surface area contributed by atoms with Gasteiger partial charge in [0.2, 0.25) is 10.0 Å². The van der Waals surface area contributed by atoms with Gasteiger partial charge >= 0.3 is 5.97 Å². The van der Waals surface area contributed by atoms with Crippen LogP contribution in [0.3, 0.4) is 0 Å². The van der Waals surface area contributed by atoms with Crippen LogP contribution >= 0.6 is 0 Å². The van der Waals surface area contributed by atoms with Crippen molar-refractivity contribution in [3.8, 4) is 0 Å². The predicted octanol–water partition coefficient (Wildman–Crippen LogP) is 0.595. The van der Waals surface area contributed by atoms with E-state index in [9.17, 15) is 17.6 Å². The number of aliphatic carboxylic acids is 1. The first-order valence-corrected chi connectivity index (χ1v) is 6.95. The van der Waals surface area contributed by atoms with Crippen molar-refractivity contribution in [2.24, 2.45) is 0 Å². The second-order valence-corrected chi connectivity index (χ2v) is 5.32. The minimum Gasteiger partial charge on any atom is -0.481 e. The summed E-state index contributed by atoms with van der Waals surface area (Å²) in [6, 6.07) is 5.02. The van der Waals surface area contributed by atoms with Crippen molar-refractivity contribution >= 4 is 16.0 Å². The van der Waals surface area contributed by atoms with E-state index in [-0.39, 0.29) is 26.2 Å². The minimum atomic E-state index is -3.92. The zero-order valence-electron chi connectivity index (χ0n) is 10.0. The third-order valence-electron chi connectivity index (χ3n) is 2.12. The molecule has 0 saturated carbocycles. The van der Waals surface area contributed by atoms with Gasteiger partial charge in [0.25, 0.3) is 0 Å². The Morgan fingerprint density at radius 2 is 2.00 bits per heavy atom. The Kier molecular flexibility index (Phi) is 5.87. The van der Waals surface area contributed by atoms with Gasteiger partial charge in [0.05, 0.1) is 19.6 Å². The summed E-state index contributed by atoms with van der Waals surface area (Å²) in [5, 5.41) is 8.35. The molecule has 19 heavy (non-hydrogen) atoms. The van der Waals surface area contributed by atoms with E-state index in [0.717, 1.165) is 12.1 Å². The van der Waals surface area contributed by atoms with Crippen molar-refractivity contribution in [1.82, 2.24) is 4.72 Å². The predicted molar refractivity (Wildman–Crippen MR) is 64.7 cm³/mol. The maximum absolute atomic E-state index is 13.3. The Hall–Kier alpha value is -1.51. The number of hydrogen-bond donors (Lipinski definition) is 2. The van der Waals surface area contributed by atoms with Crippen LogP contribution in [-0.2, 0) is 19.6 Å². The summed E-state index contributed by atoms with van der Waals surface area (Å²) in [6.45, 7) is -0.0476. The van der Waals surface area contributed by atoms with Crippen LogP contribution in [0, 0.1) is 5.82 Å². The quantitative estimate of drug-likeness (QED) is 0.684. The first-order valence-electron chi connectivity index (χ1n) is 5.47. The van der Waals surface area contributed by atoms with Crippen LogP contribution in [0.15, 0.2) is 29.2 Å². The zero-order chi connectivity index (χ0) is 14.3. The third kappa shape index (κ3) is 5.33. The highest BCUT2D eigenvalue weighted by molar-refractivity contribution is 7.89. The van der Waals surface area contributed by atoms with Gasteiger partial charge in [0.1, 0.15) is 10.7 Å². The number of carbonyl (C=O) groups is 1. The van der Waals surface area contributed by atoms with Crippen LogP contribution < -0.4 is 4.72 Å². The summed E-state index contributed by atoms with van der Waals surface area (Å²) in [5.74, 6) is -1.83. The highest BCUT2D eigenvalue weighted by Gasteiger charge is 2.17. The van der Waals surface area contributed by atoms with Crippen LogP contribution in [0.1, 0.15) is 6.42 Å². The molecule has 2 N–H and O–H groups in total. The van der Waals surface area contributed by atoms with Gasteiger partial charge in [0, 0.05) is 6.54 Å². The van der Waals surface area contributed by atoms with Crippen LogP contribution in [0.25, 0.3) is 0 Å². The highest BCUT2D eigenvalue weighted by atomic mass is 32.2. The monoisotopic (exact) mass is 291 g/mol. The Morgan fingerprint density at radius 3 is 2.63 bits per heavy atom. The third-order valence-corrected chi connectivity index (χ3v) is 3.62. The Bertz CT molecular complexity index is 532. The molecule has 0 aliphatic carbocycles.